The van der Waals surface area contributed by atoms with Gasteiger partial charge in [-0.3, -0.25) is 0 Å². The van der Waals surface area contributed by atoms with Gasteiger partial charge >= 0.3 is 0 Å². The predicted molar refractivity (Wildman–Crippen MR) is 62.0 cm³/mol. The Morgan fingerprint density at radius 2 is 2.33 bits per heavy atom. The molecule has 2 N–H and O–H groups in total. The first-order valence-corrected chi connectivity index (χ1v) is 6.46. The fourth-order valence-corrected chi connectivity index (χ4v) is 2.77. The fourth-order valence-electron chi connectivity index (χ4n) is 2.05. The summed E-state index contributed by atoms with van der Waals surface area (Å²) in [6.07, 6.45) is 4.25. The number of aliphatic hydroxyl groups is 1. The summed E-state index contributed by atoms with van der Waals surface area (Å²) in [6.45, 7) is 2.80. The molecule has 2 atom stereocenters. The van der Waals surface area contributed by atoms with Crippen molar-refractivity contribution in [1.29, 1.82) is 0 Å². The summed E-state index contributed by atoms with van der Waals surface area (Å²) >= 11 is 1.68. The third kappa shape index (κ3) is 3.00. The quantitative estimate of drug-likeness (QED) is 0.826. The highest BCUT2D eigenvalue weighted by Gasteiger charge is 2.22. The van der Waals surface area contributed by atoms with Gasteiger partial charge in [0.05, 0.1) is 6.10 Å². The maximum Gasteiger partial charge on any atom is 0.107 e. The molecular weight excluding hydrogens is 208 g/mol. The Morgan fingerprint density at radius 3 is 3.00 bits per heavy atom. The molecule has 0 saturated heterocycles. The van der Waals surface area contributed by atoms with Gasteiger partial charge in [-0.2, -0.15) is 0 Å². The highest BCUT2D eigenvalue weighted by atomic mass is 32.1. The summed E-state index contributed by atoms with van der Waals surface area (Å²) in [7, 11) is 0. The van der Waals surface area contributed by atoms with Gasteiger partial charge in [0, 0.05) is 23.7 Å². The SMILES string of the molecule is Cc1csc(CNC2CCCCC2O)n1. The Kier molecular flexibility index (Phi) is 3.72. The van der Waals surface area contributed by atoms with E-state index in [0.29, 0.717) is 0 Å². The number of rotatable bonds is 3. The van der Waals surface area contributed by atoms with Crippen molar-refractivity contribution in [1.82, 2.24) is 10.3 Å². The van der Waals surface area contributed by atoms with E-state index in [9.17, 15) is 5.11 Å². The lowest BCUT2D eigenvalue weighted by Crippen LogP contribution is -2.41. The fraction of sp³-hybridized carbons (Fsp3) is 0.727. The third-order valence-corrected chi connectivity index (χ3v) is 3.88. The van der Waals surface area contributed by atoms with Crippen LogP contribution in [0.25, 0.3) is 0 Å². The zero-order chi connectivity index (χ0) is 10.7. The number of aryl methyl sites for hydroxylation is 1. The minimum Gasteiger partial charge on any atom is -0.392 e. The second-order valence-corrected chi connectivity index (χ2v) is 5.16. The summed E-state index contributed by atoms with van der Waals surface area (Å²) in [5.74, 6) is 0. The van der Waals surface area contributed by atoms with Crippen LogP contribution in [0.3, 0.4) is 0 Å². The number of hydrogen-bond acceptors (Lipinski definition) is 4. The molecule has 0 radical (unpaired) electrons. The van der Waals surface area contributed by atoms with Crippen LogP contribution in [-0.4, -0.2) is 22.2 Å². The standard InChI is InChI=1S/C11H18N2OS/c1-8-7-15-11(13-8)6-12-9-4-2-3-5-10(9)14/h7,9-10,12,14H,2-6H2,1H3. The van der Waals surface area contributed by atoms with Crippen molar-refractivity contribution < 1.29 is 5.11 Å². The molecule has 0 spiro atoms. The highest BCUT2D eigenvalue weighted by molar-refractivity contribution is 7.09. The van der Waals surface area contributed by atoms with E-state index in [1.54, 1.807) is 11.3 Å². The first kappa shape index (κ1) is 11.0. The average molecular weight is 226 g/mol. The molecule has 1 aromatic heterocycles. The lowest BCUT2D eigenvalue weighted by molar-refractivity contribution is 0.0902. The monoisotopic (exact) mass is 226 g/mol. The Labute approximate surface area is 94.5 Å². The van der Waals surface area contributed by atoms with Crippen molar-refractivity contribution in [2.75, 3.05) is 0 Å². The van der Waals surface area contributed by atoms with E-state index in [1.165, 1.54) is 6.42 Å². The lowest BCUT2D eigenvalue weighted by Gasteiger charge is -2.28. The largest absolute Gasteiger partial charge is 0.392 e. The van der Waals surface area contributed by atoms with Crippen molar-refractivity contribution in [3.63, 3.8) is 0 Å². The van der Waals surface area contributed by atoms with E-state index < -0.39 is 0 Å². The van der Waals surface area contributed by atoms with Gasteiger partial charge in [-0.25, -0.2) is 4.98 Å². The van der Waals surface area contributed by atoms with Gasteiger partial charge < -0.3 is 10.4 Å². The molecule has 1 heterocycles. The van der Waals surface area contributed by atoms with Gasteiger partial charge in [0.15, 0.2) is 0 Å². The molecule has 0 bridgehead atoms. The minimum atomic E-state index is -0.167. The number of nitrogens with one attached hydrogen (secondary N) is 1. The molecule has 1 aliphatic rings. The van der Waals surface area contributed by atoms with Crippen LogP contribution in [0.1, 0.15) is 36.4 Å². The van der Waals surface area contributed by atoms with E-state index >= 15 is 0 Å². The summed E-state index contributed by atoms with van der Waals surface area (Å²) < 4.78 is 0. The molecule has 0 aromatic carbocycles. The first-order chi connectivity index (χ1) is 7.25. The van der Waals surface area contributed by atoms with E-state index in [2.05, 4.69) is 15.7 Å². The van der Waals surface area contributed by atoms with Crippen LogP contribution >= 0.6 is 11.3 Å². The Morgan fingerprint density at radius 1 is 1.53 bits per heavy atom. The number of aliphatic hydroxyl groups excluding tert-OH is 1. The maximum atomic E-state index is 9.77. The highest BCUT2D eigenvalue weighted by Crippen LogP contribution is 2.19. The first-order valence-electron chi connectivity index (χ1n) is 5.58. The van der Waals surface area contributed by atoms with E-state index in [1.807, 2.05) is 6.92 Å². The molecule has 4 heteroatoms. The van der Waals surface area contributed by atoms with Gasteiger partial charge in [0.25, 0.3) is 0 Å². The van der Waals surface area contributed by atoms with Crippen molar-refractivity contribution in [3.8, 4) is 0 Å². The molecule has 1 fully saturated rings. The number of thiazole rings is 1. The molecule has 0 amide bonds. The summed E-state index contributed by atoms with van der Waals surface area (Å²) in [5, 5.41) is 16.4. The zero-order valence-electron chi connectivity index (χ0n) is 9.07. The molecule has 0 aliphatic heterocycles. The maximum absolute atomic E-state index is 9.77. The van der Waals surface area contributed by atoms with Crippen LogP contribution in [0, 0.1) is 6.92 Å². The number of aromatic nitrogens is 1. The molecule has 2 unspecified atom stereocenters. The number of hydrogen-bond donors (Lipinski definition) is 2. The topological polar surface area (TPSA) is 45.1 Å². The molecule has 84 valence electrons. The molecular formula is C11H18N2OS. The molecule has 1 saturated carbocycles. The Bertz CT molecular complexity index is 313. The van der Waals surface area contributed by atoms with Crippen molar-refractivity contribution >= 4 is 11.3 Å². The third-order valence-electron chi connectivity index (χ3n) is 2.91. The summed E-state index contributed by atoms with van der Waals surface area (Å²) in [4.78, 5) is 4.39. The molecule has 1 aromatic rings. The average Bonchev–Trinajstić information content (AvgIpc) is 2.63. The smallest absolute Gasteiger partial charge is 0.107 e. The van der Waals surface area contributed by atoms with Crippen LogP contribution in [0.4, 0.5) is 0 Å². The van der Waals surface area contributed by atoms with Crippen molar-refractivity contribution in [2.45, 2.75) is 51.3 Å². The summed E-state index contributed by atoms with van der Waals surface area (Å²) in [5.41, 5.74) is 1.08. The molecule has 15 heavy (non-hydrogen) atoms. The van der Waals surface area contributed by atoms with Gasteiger partial charge in [0.2, 0.25) is 0 Å². The second-order valence-electron chi connectivity index (χ2n) is 4.22. The van der Waals surface area contributed by atoms with Gasteiger partial charge in [-0.15, -0.1) is 11.3 Å². The van der Waals surface area contributed by atoms with E-state index in [0.717, 1.165) is 36.5 Å². The van der Waals surface area contributed by atoms with Crippen LogP contribution in [0.15, 0.2) is 5.38 Å². The van der Waals surface area contributed by atoms with Gasteiger partial charge in [-0.05, 0) is 19.8 Å². The van der Waals surface area contributed by atoms with E-state index in [4.69, 9.17) is 0 Å². The minimum absolute atomic E-state index is 0.167. The Balaban J connectivity index is 1.81. The molecule has 2 rings (SSSR count). The summed E-state index contributed by atoms with van der Waals surface area (Å²) in [6, 6.07) is 0.267. The predicted octanol–water partition coefficient (Wildman–Crippen LogP) is 1.84. The molecule has 3 nitrogen and oxygen atoms in total. The lowest BCUT2D eigenvalue weighted by atomic mass is 9.93. The zero-order valence-corrected chi connectivity index (χ0v) is 9.89. The second kappa shape index (κ2) is 5.05. The normalized spacial score (nSPS) is 26.8. The van der Waals surface area contributed by atoms with Crippen molar-refractivity contribution in [2.24, 2.45) is 0 Å². The van der Waals surface area contributed by atoms with Crippen molar-refractivity contribution in [3.05, 3.63) is 16.1 Å². The van der Waals surface area contributed by atoms with Crippen LogP contribution in [0.5, 0.6) is 0 Å². The van der Waals surface area contributed by atoms with Gasteiger partial charge in [0.1, 0.15) is 5.01 Å². The van der Waals surface area contributed by atoms with Crippen LogP contribution < -0.4 is 5.32 Å². The van der Waals surface area contributed by atoms with Gasteiger partial charge in [-0.1, -0.05) is 12.8 Å². The van der Waals surface area contributed by atoms with Crippen LogP contribution in [0.2, 0.25) is 0 Å². The van der Waals surface area contributed by atoms with Crippen LogP contribution in [-0.2, 0) is 6.54 Å². The Hall–Kier alpha value is -0.450. The molecule has 1 aliphatic carbocycles. The number of nitrogens with zero attached hydrogens (tertiary/aromatic N) is 1. The van der Waals surface area contributed by atoms with E-state index in [-0.39, 0.29) is 12.1 Å².